The lowest BCUT2D eigenvalue weighted by Gasteiger charge is -2.40. The Kier molecular flexibility index (Phi) is 2.55. The maximum absolute atomic E-state index is 5.73. The molecule has 1 rings (SSSR count). The van der Waals surface area contributed by atoms with Gasteiger partial charge in [0.15, 0.2) is 0 Å². The fraction of sp³-hybridized carbons (Fsp3) is 1.00. The highest BCUT2D eigenvalue weighted by Gasteiger charge is 2.32. The van der Waals surface area contributed by atoms with Gasteiger partial charge in [0.1, 0.15) is 5.72 Å². The highest BCUT2D eigenvalue weighted by molar-refractivity contribution is 4.81. The summed E-state index contributed by atoms with van der Waals surface area (Å²) in [6, 6.07) is 0. The zero-order chi connectivity index (χ0) is 8.48. The standard InChI is InChI=1S/C9H19NO/c1-7(2)9(4)10-5-8(3)6-11-9/h7-8,10H,5-6H2,1-4H3. The number of nitrogens with one attached hydrogen (secondary N) is 1. The first-order chi connectivity index (χ1) is 5.04. The normalized spacial score (nSPS) is 39.5. The molecule has 0 aromatic heterocycles. The molecule has 1 saturated heterocycles. The van der Waals surface area contributed by atoms with Crippen LogP contribution in [0.5, 0.6) is 0 Å². The molecule has 2 unspecified atom stereocenters. The summed E-state index contributed by atoms with van der Waals surface area (Å²) in [4.78, 5) is 0. The Morgan fingerprint density at radius 2 is 2.18 bits per heavy atom. The molecule has 0 aromatic carbocycles. The van der Waals surface area contributed by atoms with Crippen LogP contribution in [-0.4, -0.2) is 18.9 Å². The van der Waals surface area contributed by atoms with Crippen molar-refractivity contribution in [1.29, 1.82) is 0 Å². The van der Waals surface area contributed by atoms with Gasteiger partial charge in [0.25, 0.3) is 0 Å². The van der Waals surface area contributed by atoms with Crippen LogP contribution in [0.25, 0.3) is 0 Å². The van der Waals surface area contributed by atoms with Gasteiger partial charge in [-0.25, -0.2) is 0 Å². The molecular formula is C9H19NO. The molecule has 0 aliphatic carbocycles. The average Bonchev–Trinajstić information content (AvgIpc) is 1.95. The molecule has 0 amide bonds. The summed E-state index contributed by atoms with van der Waals surface area (Å²) >= 11 is 0. The van der Waals surface area contributed by atoms with E-state index in [0.29, 0.717) is 11.8 Å². The van der Waals surface area contributed by atoms with Gasteiger partial charge >= 0.3 is 0 Å². The van der Waals surface area contributed by atoms with Crippen LogP contribution in [0.2, 0.25) is 0 Å². The molecule has 1 fully saturated rings. The molecular weight excluding hydrogens is 138 g/mol. The van der Waals surface area contributed by atoms with E-state index in [9.17, 15) is 0 Å². The van der Waals surface area contributed by atoms with Gasteiger partial charge in [-0.1, -0.05) is 20.8 Å². The van der Waals surface area contributed by atoms with E-state index in [-0.39, 0.29) is 5.72 Å². The summed E-state index contributed by atoms with van der Waals surface area (Å²) in [6.45, 7) is 10.7. The molecule has 0 bridgehead atoms. The van der Waals surface area contributed by atoms with Crippen molar-refractivity contribution in [3.63, 3.8) is 0 Å². The van der Waals surface area contributed by atoms with Crippen molar-refractivity contribution in [1.82, 2.24) is 5.32 Å². The topological polar surface area (TPSA) is 21.3 Å². The first-order valence-corrected chi connectivity index (χ1v) is 4.43. The Morgan fingerprint density at radius 3 is 2.55 bits per heavy atom. The van der Waals surface area contributed by atoms with Crippen molar-refractivity contribution in [3.05, 3.63) is 0 Å². The van der Waals surface area contributed by atoms with Gasteiger partial charge in [0.2, 0.25) is 0 Å². The van der Waals surface area contributed by atoms with Crippen molar-refractivity contribution in [3.8, 4) is 0 Å². The van der Waals surface area contributed by atoms with Crippen LogP contribution < -0.4 is 5.32 Å². The van der Waals surface area contributed by atoms with Crippen molar-refractivity contribution in [2.75, 3.05) is 13.2 Å². The molecule has 0 spiro atoms. The third-order valence-electron chi connectivity index (χ3n) is 2.57. The van der Waals surface area contributed by atoms with E-state index in [2.05, 4.69) is 33.0 Å². The van der Waals surface area contributed by atoms with E-state index in [0.717, 1.165) is 13.2 Å². The number of hydrogen-bond donors (Lipinski definition) is 1. The van der Waals surface area contributed by atoms with E-state index in [1.807, 2.05) is 0 Å². The summed E-state index contributed by atoms with van der Waals surface area (Å²) in [7, 11) is 0. The molecule has 1 heterocycles. The van der Waals surface area contributed by atoms with E-state index in [1.54, 1.807) is 0 Å². The largest absolute Gasteiger partial charge is 0.360 e. The quantitative estimate of drug-likeness (QED) is 0.624. The van der Waals surface area contributed by atoms with Gasteiger partial charge in [-0.15, -0.1) is 0 Å². The summed E-state index contributed by atoms with van der Waals surface area (Å²) in [5, 5.41) is 3.42. The monoisotopic (exact) mass is 157 g/mol. The van der Waals surface area contributed by atoms with Crippen LogP contribution in [0.3, 0.4) is 0 Å². The van der Waals surface area contributed by atoms with E-state index >= 15 is 0 Å². The Labute approximate surface area is 69.3 Å². The predicted octanol–water partition coefficient (Wildman–Crippen LogP) is 1.61. The minimum atomic E-state index is -0.0908. The van der Waals surface area contributed by atoms with Crippen LogP contribution in [-0.2, 0) is 4.74 Å². The van der Waals surface area contributed by atoms with Crippen molar-refractivity contribution < 1.29 is 4.74 Å². The second-order valence-electron chi connectivity index (χ2n) is 4.06. The van der Waals surface area contributed by atoms with Crippen LogP contribution >= 0.6 is 0 Å². The lowest BCUT2D eigenvalue weighted by molar-refractivity contribution is -0.128. The number of ether oxygens (including phenoxy) is 1. The molecule has 0 aromatic rings. The second kappa shape index (κ2) is 3.11. The predicted molar refractivity (Wildman–Crippen MR) is 46.4 cm³/mol. The molecule has 2 nitrogen and oxygen atoms in total. The van der Waals surface area contributed by atoms with Gasteiger partial charge < -0.3 is 4.74 Å². The van der Waals surface area contributed by atoms with Gasteiger partial charge in [0.05, 0.1) is 6.61 Å². The molecule has 1 aliphatic heterocycles. The Hall–Kier alpha value is -0.0800. The van der Waals surface area contributed by atoms with Crippen molar-refractivity contribution >= 4 is 0 Å². The molecule has 2 heteroatoms. The fourth-order valence-electron chi connectivity index (χ4n) is 1.17. The molecule has 1 N–H and O–H groups in total. The van der Waals surface area contributed by atoms with Crippen LogP contribution in [0.4, 0.5) is 0 Å². The molecule has 2 atom stereocenters. The van der Waals surface area contributed by atoms with Crippen molar-refractivity contribution in [2.45, 2.75) is 33.4 Å². The highest BCUT2D eigenvalue weighted by Crippen LogP contribution is 2.22. The zero-order valence-electron chi connectivity index (χ0n) is 7.98. The molecule has 0 saturated carbocycles. The van der Waals surface area contributed by atoms with Crippen molar-refractivity contribution in [2.24, 2.45) is 11.8 Å². The van der Waals surface area contributed by atoms with E-state index in [1.165, 1.54) is 0 Å². The summed E-state index contributed by atoms with van der Waals surface area (Å²) in [5.41, 5.74) is -0.0908. The molecule has 1 aliphatic rings. The van der Waals surface area contributed by atoms with E-state index in [4.69, 9.17) is 4.74 Å². The average molecular weight is 157 g/mol. The first-order valence-electron chi connectivity index (χ1n) is 4.43. The number of rotatable bonds is 1. The van der Waals surface area contributed by atoms with Gasteiger partial charge in [-0.05, 0) is 18.8 Å². The van der Waals surface area contributed by atoms with Crippen LogP contribution in [0, 0.1) is 11.8 Å². The van der Waals surface area contributed by atoms with Gasteiger partial charge in [-0.2, -0.15) is 0 Å². The zero-order valence-corrected chi connectivity index (χ0v) is 7.98. The lowest BCUT2D eigenvalue weighted by Crippen LogP contribution is -2.55. The third kappa shape index (κ3) is 1.94. The van der Waals surface area contributed by atoms with Crippen LogP contribution in [0.15, 0.2) is 0 Å². The van der Waals surface area contributed by atoms with Crippen LogP contribution in [0.1, 0.15) is 27.7 Å². The molecule has 11 heavy (non-hydrogen) atoms. The van der Waals surface area contributed by atoms with E-state index < -0.39 is 0 Å². The van der Waals surface area contributed by atoms with Gasteiger partial charge in [0, 0.05) is 6.54 Å². The number of hydrogen-bond acceptors (Lipinski definition) is 2. The lowest BCUT2D eigenvalue weighted by atomic mass is 9.98. The summed E-state index contributed by atoms with van der Waals surface area (Å²) in [6.07, 6.45) is 0. The molecule has 66 valence electrons. The maximum Gasteiger partial charge on any atom is 0.118 e. The molecule has 0 radical (unpaired) electrons. The second-order valence-corrected chi connectivity index (χ2v) is 4.06. The summed E-state index contributed by atoms with van der Waals surface area (Å²) < 4.78 is 5.73. The minimum absolute atomic E-state index is 0.0908. The van der Waals surface area contributed by atoms with Gasteiger partial charge in [-0.3, -0.25) is 5.32 Å². The highest BCUT2D eigenvalue weighted by atomic mass is 16.5. The Bertz CT molecular complexity index is 126. The smallest absolute Gasteiger partial charge is 0.118 e. The Morgan fingerprint density at radius 1 is 1.55 bits per heavy atom. The minimum Gasteiger partial charge on any atom is -0.360 e. The fourth-order valence-corrected chi connectivity index (χ4v) is 1.17. The third-order valence-corrected chi connectivity index (χ3v) is 2.57. The SMILES string of the molecule is CC1CNC(C)(C(C)C)OC1. The summed E-state index contributed by atoms with van der Waals surface area (Å²) in [5.74, 6) is 1.19. The first kappa shape index (κ1) is 9.01. The Balaban J connectivity index is 2.48. The maximum atomic E-state index is 5.73.